The fraction of sp³-hybridized carbons (Fsp3) is 0.143. The zero-order chi connectivity index (χ0) is 19.8. The number of rotatable bonds is 7. The summed E-state index contributed by atoms with van der Waals surface area (Å²) < 4.78 is 5.07. The molecule has 0 aliphatic carbocycles. The van der Waals surface area contributed by atoms with Gasteiger partial charge in [-0.15, -0.1) is 0 Å². The van der Waals surface area contributed by atoms with Gasteiger partial charge in [-0.05, 0) is 17.7 Å². The van der Waals surface area contributed by atoms with Crippen molar-refractivity contribution in [2.45, 2.75) is 0 Å². The zero-order valence-electron chi connectivity index (χ0n) is 15.4. The third-order valence-electron chi connectivity index (χ3n) is 3.91. The molecule has 28 heavy (non-hydrogen) atoms. The van der Waals surface area contributed by atoms with Crippen LogP contribution in [0.1, 0.15) is 0 Å². The van der Waals surface area contributed by atoms with Gasteiger partial charge in [0.25, 0.3) is 5.91 Å². The number of carbonyl (C=O) groups excluding carboxylic acids is 2. The molecule has 0 saturated heterocycles. The summed E-state index contributed by atoms with van der Waals surface area (Å²) in [6.45, 7) is -0.427. The Morgan fingerprint density at radius 2 is 1.64 bits per heavy atom. The Hall–Kier alpha value is -3.74. The molecule has 0 bridgehead atoms. The van der Waals surface area contributed by atoms with Gasteiger partial charge in [-0.25, -0.2) is 9.97 Å². The van der Waals surface area contributed by atoms with Gasteiger partial charge in [0.2, 0.25) is 5.95 Å². The minimum Gasteiger partial charge on any atom is -0.454 e. The number of nitrogens with zero attached hydrogens (tertiary/aromatic N) is 3. The number of ether oxygens (including phenoxy) is 1. The smallest absolute Gasteiger partial charge is 0.326 e. The van der Waals surface area contributed by atoms with Crippen LogP contribution in [0.25, 0.3) is 11.1 Å². The highest BCUT2D eigenvalue weighted by atomic mass is 16.5. The van der Waals surface area contributed by atoms with Crippen molar-refractivity contribution >= 4 is 23.5 Å². The van der Waals surface area contributed by atoms with Crippen LogP contribution in [0.4, 0.5) is 11.6 Å². The van der Waals surface area contributed by atoms with Gasteiger partial charge in [0, 0.05) is 30.7 Å². The molecule has 1 N–H and O–H groups in total. The molecule has 7 heteroatoms. The molecule has 0 unspecified atom stereocenters. The van der Waals surface area contributed by atoms with Crippen molar-refractivity contribution in [2.75, 3.05) is 30.4 Å². The van der Waals surface area contributed by atoms with E-state index in [1.54, 1.807) is 30.4 Å². The van der Waals surface area contributed by atoms with Gasteiger partial charge in [-0.3, -0.25) is 9.59 Å². The molecule has 1 aromatic heterocycles. The lowest BCUT2D eigenvalue weighted by molar-refractivity contribution is -0.145. The molecule has 3 aromatic rings. The lowest BCUT2D eigenvalue weighted by Crippen LogP contribution is -2.30. The van der Waals surface area contributed by atoms with Crippen molar-refractivity contribution in [1.82, 2.24) is 9.97 Å². The Morgan fingerprint density at radius 1 is 0.964 bits per heavy atom. The van der Waals surface area contributed by atoms with E-state index in [4.69, 9.17) is 4.74 Å². The van der Waals surface area contributed by atoms with Crippen molar-refractivity contribution in [2.24, 2.45) is 0 Å². The van der Waals surface area contributed by atoms with E-state index in [-0.39, 0.29) is 13.2 Å². The molecule has 1 heterocycles. The maximum Gasteiger partial charge on any atom is 0.326 e. The molecule has 0 radical (unpaired) electrons. The monoisotopic (exact) mass is 376 g/mol. The van der Waals surface area contributed by atoms with Crippen molar-refractivity contribution < 1.29 is 14.3 Å². The van der Waals surface area contributed by atoms with Crippen LogP contribution in [0.15, 0.2) is 73.1 Å². The highest BCUT2D eigenvalue weighted by Gasteiger charge is 2.13. The van der Waals surface area contributed by atoms with Crippen LogP contribution in [-0.4, -0.2) is 42.0 Å². The number of nitrogens with one attached hydrogen (secondary N) is 1. The van der Waals surface area contributed by atoms with E-state index >= 15 is 0 Å². The van der Waals surface area contributed by atoms with Crippen molar-refractivity contribution in [1.29, 1.82) is 0 Å². The van der Waals surface area contributed by atoms with Crippen molar-refractivity contribution in [3.63, 3.8) is 0 Å². The summed E-state index contributed by atoms with van der Waals surface area (Å²) in [7, 11) is 1.67. The number of esters is 1. The van der Waals surface area contributed by atoms with E-state index in [1.165, 1.54) is 0 Å². The van der Waals surface area contributed by atoms with Gasteiger partial charge in [0.1, 0.15) is 6.54 Å². The second-order valence-electron chi connectivity index (χ2n) is 6.03. The highest BCUT2D eigenvalue weighted by molar-refractivity contribution is 5.97. The maximum absolute atomic E-state index is 12.2. The summed E-state index contributed by atoms with van der Waals surface area (Å²) in [5.74, 6) is -0.544. The minimum atomic E-state index is -0.540. The molecular weight excluding hydrogens is 356 g/mol. The SMILES string of the molecule is CN(CC(=O)OCC(=O)Nc1ccccc1-c1ccccc1)c1ncccn1. The summed E-state index contributed by atoms with van der Waals surface area (Å²) in [6.07, 6.45) is 3.17. The maximum atomic E-state index is 12.2. The minimum absolute atomic E-state index is 0.0576. The third kappa shape index (κ3) is 5.14. The van der Waals surface area contributed by atoms with Gasteiger partial charge in [0.15, 0.2) is 6.61 Å². The Labute approximate surface area is 163 Å². The van der Waals surface area contributed by atoms with Crippen molar-refractivity contribution in [3.05, 3.63) is 73.1 Å². The summed E-state index contributed by atoms with van der Waals surface area (Å²) in [6, 6.07) is 18.9. The van der Waals surface area contributed by atoms with Crippen LogP contribution in [0.5, 0.6) is 0 Å². The summed E-state index contributed by atoms with van der Waals surface area (Å²) in [4.78, 5) is 33.8. The predicted molar refractivity (Wildman–Crippen MR) is 107 cm³/mol. The topological polar surface area (TPSA) is 84.4 Å². The lowest BCUT2D eigenvalue weighted by Gasteiger charge is -2.15. The van der Waals surface area contributed by atoms with Crippen LogP contribution in [0.2, 0.25) is 0 Å². The first-order valence-electron chi connectivity index (χ1n) is 8.71. The first-order chi connectivity index (χ1) is 13.6. The number of carbonyl (C=O) groups is 2. The number of hydrogen-bond donors (Lipinski definition) is 1. The second kappa shape index (κ2) is 9.27. The van der Waals surface area contributed by atoms with Crippen LogP contribution < -0.4 is 10.2 Å². The lowest BCUT2D eigenvalue weighted by atomic mass is 10.0. The molecule has 0 atom stereocenters. The first kappa shape index (κ1) is 19.0. The van der Waals surface area contributed by atoms with E-state index in [9.17, 15) is 9.59 Å². The second-order valence-corrected chi connectivity index (χ2v) is 6.03. The fourth-order valence-corrected chi connectivity index (χ4v) is 2.59. The standard InChI is InChI=1S/C21H20N4O3/c1-25(21-22-12-7-13-23-21)14-20(27)28-15-19(26)24-18-11-6-5-10-17(18)16-8-3-2-4-9-16/h2-13H,14-15H2,1H3,(H,24,26). The van der Waals surface area contributed by atoms with Gasteiger partial charge in [-0.1, -0.05) is 48.5 Å². The van der Waals surface area contributed by atoms with E-state index in [2.05, 4.69) is 15.3 Å². The molecule has 2 aromatic carbocycles. The molecule has 142 valence electrons. The number of para-hydroxylation sites is 1. The molecule has 7 nitrogen and oxygen atoms in total. The normalized spacial score (nSPS) is 10.2. The number of benzene rings is 2. The van der Waals surface area contributed by atoms with Crippen LogP contribution in [0, 0.1) is 0 Å². The van der Waals surface area contributed by atoms with Gasteiger partial charge < -0.3 is 15.0 Å². The van der Waals surface area contributed by atoms with Crippen LogP contribution in [-0.2, 0) is 14.3 Å². The molecule has 0 saturated carbocycles. The van der Waals surface area contributed by atoms with E-state index in [0.717, 1.165) is 11.1 Å². The van der Waals surface area contributed by atoms with Crippen LogP contribution in [0.3, 0.4) is 0 Å². The zero-order valence-corrected chi connectivity index (χ0v) is 15.4. The number of hydrogen-bond acceptors (Lipinski definition) is 6. The Balaban J connectivity index is 1.54. The van der Waals surface area contributed by atoms with E-state index in [0.29, 0.717) is 11.6 Å². The number of likely N-dealkylation sites (N-methyl/N-ethyl adjacent to an activating group) is 1. The van der Waals surface area contributed by atoms with E-state index < -0.39 is 11.9 Å². The molecule has 3 rings (SSSR count). The first-order valence-corrected chi connectivity index (χ1v) is 8.71. The average Bonchev–Trinajstić information content (AvgIpc) is 2.74. The molecule has 0 aliphatic rings. The molecule has 0 fully saturated rings. The number of anilines is 2. The Bertz CT molecular complexity index is 933. The Kier molecular flexibility index (Phi) is 6.30. The van der Waals surface area contributed by atoms with E-state index in [1.807, 2.05) is 54.6 Å². The fourth-order valence-electron chi connectivity index (χ4n) is 2.59. The summed E-state index contributed by atoms with van der Waals surface area (Å²) in [5.41, 5.74) is 2.54. The summed E-state index contributed by atoms with van der Waals surface area (Å²) >= 11 is 0. The molecule has 1 amide bonds. The Morgan fingerprint density at radius 3 is 2.39 bits per heavy atom. The summed E-state index contributed by atoms with van der Waals surface area (Å²) in [5, 5.41) is 2.79. The molecular formula is C21H20N4O3. The van der Waals surface area contributed by atoms with Gasteiger partial charge in [-0.2, -0.15) is 0 Å². The quantitative estimate of drug-likeness (QED) is 0.639. The predicted octanol–water partition coefficient (Wildman–Crippen LogP) is 2.76. The van der Waals surface area contributed by atoms with Crippen LogP contribution >= 0.6 is 0 Å². The highest BCUT2D eigenvalue weighted by Crippen LogP contribution is 2.27. The largest absolute Gasteiger partial charge is 0.454 e. The molecule has 0 spiro atoms. The molecule has 0 aliphatic heterocycles. The van der Waals surface area contributed by atoms with Gasteiger partial charge >= 0.3 is 5.97 Å². The number of aromatic nitrogens is 2. The average molecular weight is 376 g/mol. The third-order valence-corrected chi connectivity index (χ3v) is 3.91. The number of amides is 1. The van der Waals surface area contributed by atoms with Gasteiger partial charge in [0.05, 0.1) is 0 Å². The van der Waals surface area contributed by atoms with Crippen molar-refractivity contribution in [3.8, 4) is 11.1 Å².